The smallest absolute Gasteiger partial charge is 0.291 e. The quantitative estimate of drug-likeness (QED) is 0.514. The molecule has 3 N–H and O–H groups in total. The fourth-order valence-corrected chi connectivity index (χ4v) is 2.99. The Bertz CT molecular complexity index is 1230. The van der Waals surface area contributed by atoms with Crippen molar-refractivity contribution in [2.24, 2.45) is 5.73 Å². The van der Waals surface area contributed by atoms with Crippen LogP contribution in [0.25, 0.3) is 22.3 Å². The predicted octanol–water partition coefficient (Wildman–Crippen LogP) is 4.84. The number of carbonyl (C=O) groups is 2. The van der Waals surface area contributed by atoms with Gasteiger partial charge in [0.05, 0.1) is 0 Å². The van der Waals surface area contributed by atoms with Crippen molar-refractivity contribution >= 4 is 40.1 Å². The summed E-state index contributed by atoms with van der Waals surface area (Å²) >= 11 is 5.97. The van der Waals surface area contributed by atoms with Crippen LogP contribution in [0.5, 0.6) is 0 Å². The highest BCUT2D eigenvalue weighted by Gasteiger charge is 2.23. The van der Waals surface area contributed by atoms with Gasteiger partial charge in [0, 0.05) is 16.0 Å². The van der Waals surface area contributed by atoms with Crippen LogP contribution in [0.4, 0.5) is 10.1 Å². The number of furan rings is 2. The molecule has 0 radical (unpaired) electrons. The maximum Gasteiger partial charge on any atom is 0.291 e. The molecule has 0 saturated carbocycles. The zero-order valence-corrected chi connectivity index (χ0v) is 14.9. The molecule has 0 aliphatic carbocycles. The van der Waals surface area contributed by atoms with Gasteiger partial charge in [-0.05, 0) is 42.5 Å². The highest BCUT2D eigenvalue weighted by molar-refractivity contribution is 6.30. The summed E-state index contributed by atoms with van der Waals surface area (Å²) in [5.41, 5.74) is 6.20. The van der Waals surface area contributed by atoms with E-state index in [1.165, 1.54) is 18.2 Å². The van der Waals surface area contributed by atoms with Crippen molar-refractivity contribution in [1.29, 1.82) is 0 Å². The summed E-state index contributed by atoms with van der Waals surface area (Å²) in [4.78, 5) is 24.3. The van der Waals surface area contributed by atoms with E-state index >= 15 is 0 Å². The van der Waals surface area contributed by atoms with Crippen LogP contribution in [0, 0.1) is 5.82 Å². The number of primary amides is 1. The van der Waals surface area contributed by atoms with Gasteiger partial charge < -0.3 is 19.9 Å². The standard InChI is InChI=1S/C20H12ClFN2O4/c21-11-3-1-2-10(8-11)14-6-7-16(27-14)20(26)24-17-13-9-12(22)4-5-15(13)28-18(17)19(23)25/h1-9H,(H2,23,25)(H,24,26). The highest BCUT2D eigenvalue weighted by atomic mass is 35.5. The second-order valence-corrected chi connectivity index (χ2v) is 6.38. The van der Waals surface area contributed by atoms with Crippen molar-refractivity contribution in [3.8, 4) is 11.3 Å². The largest absolute Gasteiger partial charge is 0.451 e. The molecule has 2 aromatic carbocycles. The molecule has 28 heavy (non-hydrogen) atoms. The Morgan fingerprint density at radius 3 is 2.61 bits per heavy atom. The maximum absolute atomic E-state index is 13.6. The lowest BCUT2D eigenvalue weighted by atomic mass is 10.2. The van der Waals surface area contributed by atoms with Crippen LogP contribution in [-0.2, 0) is 0 Å². The van der Waals surface area contributed by atoms with Gasteiger partial charge in [0.25, 0.3) is 11.8 Å². The van der Waals surface area contributed by atoms with Crippen LogP contribution in [-0.4, -0.2) is 11.8 Å². The van der Waals surface area contributed by atoms with E-state index in [4.69, 9.17) is 26.2 Å². The summed E-state index contributed by atoms with van der Waals surface area (Å²) in [6.07, 6.45) is 0. The number of nitrogens with two attached hydrogens (primary N) is 1. The van der Waals surface area contributed by atoms with Crippen molar-refractivity contribution < 1.29 is 22.8 Å². The van der Waals surface area contributed by atoms with E-state index in [0.29, 0.717) is 16.3 Å². The fourth-order valence-electron chi connectivity index (χ4n) is 2.80. The Morgan fingerprint density at radius 2 is 1.86 bits per heavy atom. The summed E-state index contributed by atoms with van der Waals surface area (Å²) in [6.45, 7) is 0. The molecule has 0 fully saturated rings. The zero-order valence-electron chi connectivity index (χ0n) is 14.2. The van der Waals surface area contributed by atoms with E-state index in [0.717, 1.165) is 6.07 Å². The van der Waals surface area contributed by atoms with Crippen LogP contribution in [0.15, 0.2) is 63.4 Å². The molecule has 6 nitrogen and oxygen atoms in total. The van der Waals surface area contributed by atoms with Crippen LogP contribution in [0.3, 0.4) is 0 Å². The third kappa shape index (κ3) is 3.23. The van der Waals surface area contributed by atoms with Crippen LogP contribution in [0.1, 0.15) is 21.1 Å². The van der Waals surface area contributed by atoms with Gasteiger partial charge >= 0.3 is 0 Å². The Kier molecular flexibility index (Phi) is 4.37. The second kappa shape index (κ2) is 6.86. The number of halogens is 2. The number of fused-ring (bicyclic) bond motifs is 1. The first-order valence-electron chi connectivity index (χ1n) is 8.11. The summed E-state index contributed by atoms with van der Waals surface area (Å²) in [6, 6.07) is 13.7. The summed E-state index contributed by atoms with van der Waals surface area (Å²) in [5, 5.41) is 3.25. The lowest BCUT2D eigenvalue weighted by molar-refractivity contribution is 0.0977. The van der Waals surface area contributed by atoms with Crippen LogP contribution < -0.4 is 11.1 Å². The third-order valence-corrected chi connectivity index (χ3v) is 4.29. The Morgan fingerprint density at radius 1 is 1.04 bits per heavy atom. The number of rotatable bonds is 4. The van der Waals surface area contributed by atoms with Gasteiger partial charge in [-0.3, -0.25) is 9.59 Å². The number of hydrogen-bond acceptors (Lipinski definition) is 4. The lowest BCUT2D eigenvalue weighted by Crippen LogP contribution is -2.16. The van der Waals surface area contributed by atoms with E-state index in [1.54, 1.807) is 30.3 Å². The molecule has 140 valence electrons. The van der Waals surface area contributed by atoms with Crippen LogP contribution >= 0.6 is 11.6 Å². The van der Waals surface area contributed by atoms with Gasteiger partial charge in [0.2, 0.25) is 5.76 Å². The van der Waals surface area contributed by atoms with Gasteiger partial charge in [-0.2, -0.15) is 0 Å². The topological polar surface area (TPSA) is 98.5 Å². The average molecular weight is 399 g/mol. The molecular formula is C20H12ClFN2O4. The van der Waals surface area contributed by atoms with Gasteiger partial charge in [-0.1, -0.05) is 23.7 Å². The molecule has 8 heteroatoms. The molecule has 4 aromatic rings. The molecule has 0 saturated heterocycles. The Hall–Kier alpha value is -3.58. The van der Waals surface area contributed by atoms with Gasteiger partial charge in [0.15, 0.2) is 5.76 Å². The van der Waals surface area contributed by atoms with Gasteiger partial charge in [-0.15, -0.1) is 0 Å². The van der Waals surface area contributed by atoms with E-state index in [2.05, 4.69) is 5.32 Å². The third-order valence-electron chi connectivity index (χ3n) is 4.05. The van der Waals surface area contributed by atoms with Crippen molar-refractivity contribution in [2.45, 2.75) is 0 Å². The zero-order chi connectivity index (χ0) is 19.8. The highest BCUT2D eigenvalue weighted by Crippen LogP contribution is 2.32. The van der Waals surface area contributed by atoms with E-state index in [-0.39, 0.29) is 28.2 Å². The number of anilines is 1. The second-order valence-electron chi connectivity index (χ2n) is 5.94. The molecule has 2 amide bonds. The van der Waals surface area contributed by atoms with Gasteiger partial charge in [0.1, 0.15) is 22.8 Å². The normalized spacial score (nSPS) is 10.9. The van der Waals surface area contributed by atoms with E-state index < -0.39 is 17.6 Å². The average Bonchev–Trinajstić information content (AvgIpc) is 3.27. The first-order chi connectivity index (χ1) is 13.4. The molecular weight excluding hydrogens is 387 g/mol. The first kappa shape index (κ1) is 17.8. The lowest BCUT2D eigenvalue weighted by Gasteiger charge is -2.03. The number of benzene rings is 2. The number of hydrogen-bond donors (Lipinski definition) is 2. The molecule has 0 aliphatic rings. The molecule has 0 bridgehead atoms. The number of amides is 2. The Labute approximate surface area is 162 Å². The summed E-state index contributed by atoms with van der Waals surface area (Å²) in [5.74, 6) is -1.97. The fraction of sp³-hybridized carbons (Fsp3) is 0. The summed E-state index contributed by atoms with van der Waals surface area (Å²) in [7, 11) is 0. The number of carbonyl (C=O) groups excluding carboxylic acids is 2. The molecule has 0 spiro atoms. The van der Waals surface area contributed by atoms with E-state index in [1.807, 2.05) is 0 Å². The summed E-state index contributed by atoms with van der Waals surface area (Å²) < 4.78 is 24.5. The molecule has 4 rings (SSSR count). The number of nitrogens with one attached hydrogen (secondary N) is 1. The molecule has 0 atom stereocenters. The van der Waals surface area contributed by atoms with Crippen molar-refractivity contribution in [3.63, 3.8) is 0 Å². The SMILES string of the molecule is NC(=O)c1oc2ccc(F)cc2c1NC(=O)c1ccc(-c2cccc(Cl)c2)o1. The minimum atomic E-state index is -0.897. The monoisotopic (exact) mass is 398 g/mol. The molecule has 0 unspecified atom stereocenters. The first-order valence-corrected chi connectivity index (χ1v) is 8.49. The van der Waals surface area contributed by atoms with Gasteiger partial charge in [-0.25, -0.2) is 4.39 Å². The maximum atomic E-state index is 13.6. The van der Waals surface area contributed by atoms with Crippen molar-refractivity contribution in [2.75, 3.05) is 5.32 Å². The van der Waals surface area contributed by atoms with Crippen molar-refractivity contribution in [1.82, 2.24) is 0 Å². The molecule has 2 heterocycles. The van der Waals surface area contributed by atoms with Crippen molar-refractivity contribution in [3.05, 3.63) is 77.0 Å². The molecule has 2 aromatic heterocycles. The Balaban J connectivity index is 1.68. The minimum Gasteiger partial charge on any atom is -0.451 e. The van der Waals surface area contributed by atoms with E-state index in [9.17, 15) is 14.0 Å². The van der Waals surface area contributed by atoms with Crippen LogP contribution in [0.2, 0.25) is 5.02 Å². The molecule has 0 aliphatic heterocycles. The predicted molar refractivity (Wildman–Crippen MR) is 102 cm³/mol. The minimum absolute atomic E-state index is 0.0175.